The fourth-order valence-corrected chi connectivity index (χ4v) is 4.35. The molecule has 0 aliphatic carbocycles. The number of benzene rings is 3. The van der Waals surface area contributed by atoms with E-state index in [0.717, 1.165) is 0 Å². The number of para-hydroxylation sites is 1. The van der Waals surface area contributed by atoms with Crippen LogP contribution in [0.4, 0.5) is 14.9 Å². The Morgan fingerprint density at radius 1 is 1.00 bits per heavy atom. The van der Waals surface area contributed by atoms with Gasteiger partial charge in [0.2, 0.25) is 5.91 Å². The molecule has 0 unspecified atom stereocenters. The summed E-state index contributed by atoms with van der Waals surface area (Å²) in [6.07, 6.45) is 2.81. The zero-order valence-corrected chi connectivity index (χ0v) is 22.2. The molecule has 0 radical (unpaired) electrons. The molecular formula is C29H24Cl2FN3O4. The lowest BCUT2D eigenvalue weighted by Crippen LogP contribution is -2.44. The van der Waals surface area contributed by atoms with E-state index in [2.05, 4.69) is 11.9 Å². The molecule has 39 heavy (non-hydrogen) atoms. The van der Waals surface area contributed by atoms with Crippen molar-refractivity contribution >= 4 is 51.8 Å². The summed E-state index contributed by atoms with van der Waals surface area (Å²) in [4.78, 5) is 42.4. The number of halogens is 3. The third-order valence-corrected chi connectivity index (χ3v) is 6.44. The smallest absolute Gasteiger partial charge is 0.322 e. The van der Waals surface area contributed by atoms with Crippen LogP contribution in [0.2, 0.25) is 10.0 Å². The number of nitrogens with one attached hydrogen (secondary N) is 1. The number of carbonyl (C=O) groups excluding carboxylic acids is 2. The molecule has 200 valence electrons. The van der Waals surface area contributed by atoms with Gasteiger partial charge in [-0.2, -0.15) is 0 Å². The van der Waals surface area contributed by atoms with Gasteiger partial charge < -0.3 is 19.5 Å². The molecule has 0 atom stereocenters. The lowest BCUT2D eigenvalue weighted by Gasteiger charge is -2.27. The van der Waals surface area contributed by atoms with Crippen molar-refractivity contribution in [1.82, 2.24) is 9.80 Å². The molecule has 0 aliphatic heterocycles. The van der Waals surface area contributed by atoms with Gasteiger partial charge in [0.15, 0.2) is 5.43 Å². The summed E-state index contributed by atoms with van der Waals surface area (Å²) < 4.78 is 19.1. The maximum Gasteiger partial charge on any atom is 0.322 e. The molecular weight excluding hydrogens is 544 g/mol. The van der Waals surface area contributed by atoms with Gasteiger partial charge in [0.05, 0.1) is 34.5 Å². The lowest BCUT2D eigenvalue weighted by molar-refractivity contribution is -0.133. The number of anilines is 1. The van der Waals surface area contributed by atoms with Crippen molar-refractivity contribution in [3.63, 3.8) is 0 Å². The molecule has 10 heteroatoms. The summed E-state index contributed by atoms with van der Waals surface area (Å²) in [7, 11) is 0. The Labute approximate surface area is 234 Å². The number of nitrogens with zero attached hydrogens (tertiary/aromatic N) is 2. The molecule has 1 aromatic heterocycles. The minimum absolute atomic E-state index is 0.0608. The lowest BCUT2D eigenvalue weighted by atomic mass is 10.1. The first-order valence-corrected chi connectivity index (χ1v) is 12.6. The molecule has 1 N–H and O–H groups in total. The zero-order valence-electron chi connectivity index (χ0n) is 20.7. The van der Waals surface area contributed by atoms with E-state index in [4.69, 9.17) is 27.6 Å². The van der Waals surface area contributed by atoms with Crippen LogP contribution in [0, 0.1) is 5.82 Å². The minimum Gasteiger partial charge on any atom is -0.464 e. The maximum atomic E-state index is 13.6. The first kappa shape index (κ1) is 27.9. The Kier molecular flexibility index (Phi) is 9.01. The van der Waals surface area contributed by atoms with Crippen LogP contribution in [0.15, 0.2) is 94.9 Å². The fourth-order valence-electron chi connectivity index (χ4n) is 3.90. The average molecular weight is 568 g/mol. The van der Waals surface area contributed by atoms with Crippen LogP contribution < -0.4 is 10.7 Å². The van der Waals surface area contributed by atoms with Gasteiger partial charge in [0, 0.05) is 18.1 Å². The first-order chi connectivity index (χ1) is 18.7. The second-order valence-corrected chi connectivity index (χ2v) is 9.53. The molecule has 0 saturated heterocycles. The van der Waals surface area contributed by atoms with Gasteiger partial charge in [-0.15, -0.1) is 6.58 Å². The predicted octanol–water partition coefficient (Wildman–Crippen LogP) is 6.49. The Morgan fingerprint density at radius 3 is 2.46 bits per heavy atom. The van der Waals surface area contributed by atoms with Crippen molar-refractivity contribution < 1.29 is 18.4 Å². The summed E-state index contributed by atoms with van der Waals surface area (Å²) in [5.41, 5.74) is 1.38. The van der Waals surface area contributed by atoms with Crippen molar-refractivity contribution in [1.29, 1.82) is 0 Å². The Bertz CT molecular complexity index is 1570. The van der Waals surface area contributed by atoms with Gasteiger partial charge in [0.25, 0.3) is 0 Å². The third kappa shape index (κ3) is 7.04. The molecule has 7 nitrogen and oxygen atoms in total. The van der Waals surface area contributed by atoms with E-state index < -0.39 is 17.8 Å². The quantitative estimate of drug-likeness (QED) is 0.234. The molecule has 0 spiro atoms. The molecule has 3 aromatic carbocycles. The molecule has 4 aromatic rings. The highest BCUT2D eigenvalue weighted by Crippen LogP contribution is 2.25. The highest BCUT2D eigenvalue weighted by molar-refractivity contribution is 6.36. The second kappa shape index (κ2) is 12.6. The standard InChI is InChI=1S/C29H24Cl2FN3O4/c1-2-13-34(29(38)33-25-12-9-21(30)14-24(25)31)17-27(36)35(15-19-7-10-22(32)11-8-19)16-20-18-39-26-6-4-3-5-23(26)28(20)37/h2-12,14,18H,1,13,15-17H2,(H,33,38). The van der Waals surface area contributed by atoms with Gasteiger partial charge in [-0.1, -0.05) is 53.5 Å². The van der Waals surface area contributed by atoms with Crippen molar-refractivity contribution in [2.24, 2.45) is 0 Å². The topological polar surface area (TPSA) is 82.9 Å². The molecule has 1 heterocycles. The van der Waals surface area contributed by atoms with Crippen LogP contribution in [-0.4, -0.2) is 34.8 Å². The average Bonchev–Trinajstić information content (AvgIpc) is 2.92. The van der Waals surface area contributed by atoms with Crippen LogP contribution in [-0.2, 0) is 17.9 Å². The molecule has 4 rings (SSSR count). The number of hydrogen-bond acceptors (Lipinski definition) is 4. The van der Waals surface area contributed by atoms with Gasteiger partial charge >= 0.3 is 6.03 Å². The van der Waals surface area contributed by atoms with Crippen molar-refractivity contribution in [3.8, 4) is 0 Å². The summed E-state index contributed by atoms with van der Waals surface area (Å²) in [6, 6.07) is 16.5. The first-order valence-electron chi connectivity index (χ1n) is 11.9. The van der Waals surface area contributed by atoms with E-state index in [0.29, 0.717) is 27.2 Å². The second-order valence-electron chi connectivity index (χ2n) is 8.69. The van der Waals surface area contributed by atoms with E-state index in [9.17, 15) is 18.8 Å². The molecule has 0 bridgehead atoms. The molecule has 0 saturated carbocycles. The van der Waals surface area contributed by atoms with E-state index in [1.165, 1.54) is 40.3 Å². The van der Waals surface area contributed by atoms with E-state index >= 15 is 0 Å². The van der Waals surface area contributed by atoms with E-state index in [1.54, 1.807) is 48.5 Å². The minimum atomic E-state index is -0.584. The number of amides is 3. The molecule has 0 aliphatic rings. The summed E-state index contributed by atoms with van der Waals surface area (Å²) in [5, 5.41) is 3.70. The number of carbonyl (C=O) groups is 2. The van der Waals surface area contributed by atoms with Gasteiger partial charge in [-0.05, 0) is 48.0 Å². The number of fused-ring (bicyclic) bond motifs is 1. The summed E-state index contributed by atoms with van der Waals surface area (Å²) >= 11 is 12.1. The fraction of sp³-hybridized carbons (Fsp3) is 0.138. The Balaban J connectivity index is 1.59. The van der Waals surface area contributed by atoms with E-state index in [1.807, 2.05) is 0 Å². The van der Waals surface area contributed by atoms with E-state index in [-0.39, 0.29) is 42.2 Å². The Morgan fingerprint density at radius 2 is 1.74 bits per heavy atom. The van der Waals surface area contributed by atoms with Crippen LogP contribution in [0.25, 0.3) is 11.0 Å². The maximum absolute atomic E-state index is 13.6. The number of urea groups is 1. The SMILES string of the molecule is C=CCN(CC(=O)N(Cc1ccc(F)cc1)Cc1coc2ccccc2c1=O)C(=O)Nc1ccc(Cl)cc1Cl. The van der Waals surface area contributed by atoms with Crippen molar-refractivity contribution in [2.45, 2.75) is 13.1 Å². The van der Waals surface area contributed by atoms with Crippen molar-refractivity contribution in [2.75, 3.05) is 18.4 Å². The number of hydrogen-bond donors (Lipinski definition) is 1. The highest BCUT2D eigenvalue weighted by atomic mass is 35.5. The summed E-state index contributed by atoms with van der Waals surface area (Å²) in [5.74, 6) is -0.868. The molecule has 3 amide bonds. The Hall–Kier alpha value is -4.14. The van der Waals surface area contributed by atoms with Crippen LogP contribution in [0.5, 0.6) is 0 Å². The van der Waals surface area contributed by atoms with Crippen molar-refractivity contribution in [3.05, 3.63) is 123 Å². The third-order valence-electron chi connectivity index (χ3n) is 5.89. The summed E-state index contributed by atoms with van der Waals surface area (Å²) in [6.45, 7) is 3.39. The van der Waals surface area contributed by atoms with Gasteiger partial charge in [-0.3, -0.25) is 9.59 Å². The monoisotopic (exact) mass is 567 g/mol. The molecule has 0 fully saturated rings. The van der Waals surface area contributed by atoms with Crippen LogP contribution in [0.1, 0.15) is 11.1 Å². The van der Waals surface area contributed by atoms with Gasteiger partial charge in [-0.25, -0.2) is 9.18 Å². The highest BCUT2D eigenvalue weighted by Gasteiger charge is 2.23. The van der Waals surface area contributed by atoms with Crippen LogP contribution in [0.3, 0.4) is 0 Å². The van der Waals surface area contributed by atoms with Gasteiger partial charge in [0.1, 0.15) is 17.9 Å². The number of rotatable bonds is 9. The largest absolute Gasteiger partial charge is 0.464 e. The predicted molar refractivity (Wildman–Crippen MR) is 150 cm³/mol. The normalized spacial score (nSPS) is 10.7. The van der Waals surface area contributed by atoms with Crippen LogP contribution >= 0.6 is 23.2 Å². The zero-order chi connectivity index (χ0) is 27.9.